The Hall–Kier alpha value is -2.60. The monoisotopic (exact) mass is 374 g/mol. The van der Waals surface area contributed by atoms with Crippen molar-refractivity contribution < 1.29 is 14.7 Å². The highest BCUT2D eigenvalue weighted by Gasteiger charge is 2.21. The number of nitrogens with zero attached hydrogens (tertiary/aromatic N) is 2. The first-order valence-corrected chi connectivity index (χ1v) is 9.47. The number of aromatic nitrogens is 1. The molecule has 26 heavy (non-hydrogen) atoms. The van der Waals surface area contributed by atoms with Gasteiger partial charge in [-0.15, -0.1) is 11.3 Å². The van der Waals surface area contributed by atoms with Crippen molar-refractivity contribution in [2.24, 2.45) is 0 Å². The Balaban J connectivity index is 0.00000163. The van der Waals surface area contributed by atoms with Crippen LogP contribution in [0.3, 0.4) is 0 Å². The molecule has 2 aromatic heterocycles. The molecule has 1 amide bonds. The Kier molecular flexibility index (Phi) is 8.58. The molecule has 0 saturated carbocycles. The molecule has 0 bridgehead atoms. The fourth-order valence-corrected chi connectivity index (χ4v) is 3.38. The minimum atomic E-state index is -1.04. The molecular weight excluding hydrogens is 348 g/mol. The van der Waals surface area contributed by atoms with Crippen molar-refractivity contribution in [3.8, 4) is 0 Å². The van der Waals surface area contributed by atoms with Gasteiger partial charge in [0.25, 0.3) is 0 Å². The average Bonchev–Trinajstić information content (AvgIpc) is 3.22. The summed E-state index contributed by atoms with van der Waals surface area (Å²) in [6.07, 6.45) is 7.06. The van der Waals surface area contributed by atoms with Gasteiger partial charge >= 0.3 is 5.97 Å². The van der Waals surface area contributed by atoms with Crippen molar-refractivity contribution in [2.45, 2.75) is 34.2 Å². The van der Waals surface area contributed by atoms with Crippen molar-refractivity contribution in [3.63, 3.8) is 0 Å². The topological polar surface area (TPSA) is 62.5 Å². The van der Waals surface area contributed by atoms with Crippen LogP contribution in [0.2, 0.25) is 0 Å². The molecule has 0 unspecified atom stereocenters. The summed E-state index contributed by atoms with van der Waals surface area (Å²) in [5.74, 6) is -1.20. The van der Waals surface area contributed by atoms with Gasteiger partial charge in [0, 0.05) is 12.2 Å². The Labute approximate surface area is 158 Å². The van der Waals surface area contributed by atoms with Crippen LogP contribution in [0.25, 0.3) is 10.2 Å². The SMILES string of the molecule is C=C/C=C\C(=C/C)N(CC)C(=O)Cn1c(C(=O)O)cc2sccc21.CC. The van der Waals surface area contributed by atoms with Crippen molar-refractivity contribution >= 4 is 33.4 Å². The van der Waals surface area contributed by atoms with E-state index in [1.54, 1.807) is 27.7 Å². The van der Waals surface area contributed by atoms with Gasteiger partial charge in [-0.05, 0) is 37.4 Å². The van der Waals surface area contributed by atoms with Crippen LogP contribution in [0.1, 0.15) is 38.2 Å². The predicted molar refractivity (Wildman–Crippen MR) is 109 cm³/mol. The van der Waals surface area contributed by atoms with Crippen LogP contribution in [-0.2, 0) is 11.3 Å². The average molecular weight is 375 g/mol. The Morgan fingerprint density at radius 3 is 2.62 bits per heavy atom. The van der Waals surface area contributed by atoms with Gasteiger partial charge in [-0.2, -0.15) is 0 Å². The van der Waals surface area contributed by atoms with Gasteiger partial charge in [0.2, 0.25) is 5.91 Å². The third kappa shape index (κ3) is 4.73. The van der Waals surface area contributed by atoms with E-state index >= 15 is 0 Å². The Bertz CT molecular complexity index is 827. The normalized spacial score (nSPS) is 11.3. The quantitative estimate of drug-likeness (QED) is 0.700. The molecule has 2 heterocycles. The lowest BCUT2D eigenvalue weighted by Crippen LogP contribution is -2.33. The third-order valence-corrected chi connectivity index (χ3v) is 4.52. The summed E-state index contributed by atoms with van der Waals surface area (Å²) >= 11 is 1.46. The highest BCUT2D eigenvalue weighted by Crippen LogP contribution is 2.25. The molecule has 0 fully saturated rings. The number of likely N-dealkylation sites (N-methyl/N-ethyl adjacent to an activating group) is 1. The van der Waals surface area contributed by atoms with E-state index in [4.69, 9.17) is 0 Å². The van der Waals surface area contributed by atoms with Gasteiger partial charge in [-0.1, -0.05) is 38.7 Å². The van der Waals surface area contributed by atoms with Gasteiger partial charge in [-0.25, -0.2) is 4.79 Å². The second-order valence-electron chi connectivity index (χ2n) is 5.04. The molecular formula is C20H26N2O3S. The first-order chi connectivity index (χ1) is 12.5. The Morgan fingerprint density at radius 2 is 2.08 bits per heavy atom. The van der Waals surface area contributed by atoms with E-state index in [0.29, 0.717) is 6.54 Å². The highest BCUT2D eigenvalue weighted by atomic mass is 32.1. The van der Waals surface area contributed by atoms with E-state index < -0.39 is 5.97 Å². The largest absolute Gasteiger partial charge is 0.477 e. The van der Waals surface area contributed by atoms with Crippen LogP contribution in [0.15, 0.2) is 54.1 Å². The number of thiophene rings is 1. The van der Waals surface area contributed by atoms with Crippen LogP contribution in [0, 0.1) is 0 Å². The number of carboxylic acid groups (broad SMARTS) is 1. The molecule has 140 valence electrons. The highest BCUT2D eigenvalue weighted by molar-refractivity contribution is 7.17. The summed E-state index contributed by atoms with van der Waals surface area (Å²) in [6.45, 7) is 11.9. The number of aromatic carboxylic acids is 1. The molecule has 2 aromatic rings. The number of amides is 1. The predicted octanol–water partition coefficient (Wildman–Crippen LogP) is 4.92. The second kappa shape index (κ2) is 10.4. The maximum Gasteiger partial charge on any atom is 0.352 e. The van der Waals surface area contributed by atoms with E-state index in [9.17, 15) is 14.7 Å². The van der Waals surface area contributed by atoms with Crippen molar-refractivity contribution in [1.29, 1.82) is 0 Å². The van der Waals surface area contributed by atoms with Crippen molar-refractivity contribution in [1.82, 2.24) is 9.47 Å². The zero-order chi connectivity index (χ0) is 19.7. The lowest BCUT2D eigenvalue weighted by molar-refractivity contribution is -0.129. The summed E-state index contributed by atoms with van der Waals surface area (Å²) in [5, 5.41) is 11.3. The molecule has 0 radical (unpaired) electrons. The number of allylic oxidation sites excluding steroid dienone is 4. The van der Waals surface area contributed by atoms with Crippen LogP contribution >= 0.6 is 11.3 Å². The van der Waals surface area contributed by atoms with Gasteiger partial charge in [-0.3, -0.25) is 4.79 Å². The number of rotatable bonds is 7. The van der Waals surface area contributed by atoms with Crippen LogP contribution in [0.5, 0.6) is 0 Å². The molecule has 2 rings (SSSR count). The standard InChI is InChI=1S/C18H20N2O3S.C2H6/c1-4-7-8-13(5-2)19(6-3)17(21)12-20-14-9-10-24-16(14)11-15(20)18(22)23;1-2/h4-5,7-11H,1,6,12H2,2-3H3,(H,22,23);1-2H3/b8-7-,13-5+;. The fourth-order valence-electron chi connectivity index (χ4n) is 2.56. The van der Waals surface area contributed by atoms with Crippen molar-refractivity contribution in [3.05, 3.63) is 59.8 Å². The van der Waals surface area contributed by atoms with Gasteiger partial charge < -0.3 is 14.6 Å². The maximum atomic E-state index is 12.8. The molecule has 0 spiro atoms. The zero-order valence-electron chi connectivity index (χ0n) is 15.7. The lowest BCUT2D eigenvalue weighted by atomic mass is 10.3. The molecule has 0 atom stereocenters. The van der Waals surface area contributed by atoms with Crippen LogP contribution < -0.4 is 0 Å². The molecule has 0 aromatic carbocycles. The van der Waals surface area contributed by atoms with E-state index in [2.05, 4.69) is 6.58 Å². The number of fused-ring (bicyclic) bond motifs is 1. The van der Waals surface area contributed by atoms with E-state index in [-0.39, 0.29) is 18.1 Å². The van der Waals surface area contributed by atoms with Crippen LogP contribution in [0.4, 0.5) is 0 Å². The summed E-state index contributed by atoms with van der Waals surface area (Å²) < 4.78 is 2.42. The molecule has 0 saturated heterocycles. The number of hydrogen-bond donors (Lipinski definition) is 1. The van der Waals surface area contributed by atoms with Gasteiger partial charge in [0.1, 0.15) is 12.2 Å². The van der Waals surface area contributed by atoms with Gasteiger partial charge in [0.05, 0.1) is 10.2 Å². The van der Waals surface area contributed by atoms with Gasteiger partial charge in [0.15, 0.2) is 0 Å². The molecule has 1 N–H and O–H groups in total. The molecule has 5 nitrogen and oxygen atoms in total. The smallest absolute Gasteiger partial charge is 0.352 e. The molecule has 6 heteroatoms. The summed E-state index contributed by atoms with van der Waals surface area (Å²) in [4.78, 5) is 25.9. The number of hydrogen-bond acceptors (Lipinski definition) is 3. The number of carbonyl (C=O) groups excluding carboxylic acids is 1. The zero-order valence-corrected chi connectivity index (χ0v) is 16.5. The first kappa shape index (κ1) is 21.4. The van der Waals surface area contributed by atoms with Crippen LogP contribution in [-0.4, -0.2) is 33.0 Å². The maximum absolute atomic E-state index is 12.8. The van der Waals surface area contributed by atoms with E-state index in [0.717, 1.165) is 15.9 Å². The summed E-state index contributed by atoms with van der Waals surface area (Å²) in [7, 11) is 0. The van der Waals surface area contributed by atoms with Crippen molar-refractivity contribution in [2.75, 3.05) is 6.54 Å². The molecule has 0 aliphatic carbocycles. The van der Waals surface area contributed by atoms with E-state index in [1.807, 2.05) is 51.3 Å². The fraction of sp³-hybridized carbons (Fsp3) is 0.300. The minimum Gasteiger partial charge on any atom is -0.477 e. The third-order valence-electron chi connectivity index (χ3n) is 3.66. The first-order valence-electron chi connectivity index (χ1n) is 8.59. The molecule has 0 aliphatic rings. The lowest BCUT2D eigenvalue weighted by Gasteiger charge is -2.23. The number of carboxylic acids is 1. The second-order valence-corrected chi connectivity index (χ2v) is 5.99. The summed E-state index contributed by atoms with van der Waals surface area (Å²) in [5.41, 5.74) is 1.66. The minimum absolute atomic E-state index is 0.0189. The molecule has 0 aliphatic heterocycles. The van der Waals surface area contributed by atoms with E-state index in [1.165, 1.54) is 11.3 Å². The number of carbonyl (C=O) groups is 2. The summed E-state index contributed by atoms with van der Waals surface area (Å²) in [6, 6.07) is 3.45. The Morgan fingerprint density at radius 1 is 1.38 bits per heavy atom.